The van der Waals surface area contributed by atoms with E-state index in [2.05, 4.69) is 23.7 Å². The van der Waals surface area contributed by atoms with Gasteiger partial charge in [0.25, 0.3) is 0 Å². The molecule has 4 N–H and O–H groups in total. The summed E-state index contributed by atoms with van der Waals surface area (Å²) in [6.07, 6.45) is 0. The Balaban J connectivity index is -0.00000000214. The minimum Gasteiger partial charge on any atom is -1.00 e. The number of thiocarbonyl (C=S) groups is 1. The van der Waals surface area contributed by atoms with Crippen LogP contribution in [-0.4, -0.2) is 5.11 Å². The van der Waals surface area contributed by atoms with Crippen LogP contribution in [0.3, 0.4) is 0 Å². The summed E-state index contributed by atoms with van der Waals surface area (Å²) in [5.74, 6) is 0. The summed E-state index contributed by atoms with van der Waals surface area (Å²) >= 11 is 4.09. The molecule has 0 atom stereocenters. The maximum atomic E-state index is 4.62. The Labute approximate surface area is 132 Å². The van der Waals surface area contributed by atoms with Gasteiger partial charge in [0.2, 0.25) is 0 Å². The van der Waals surface area contributed by atoms with Crippen molar-refractivity contribution in [3.8, 4) is 0 Å². The monoisotopic (exact) mass is 286 g/mol. The molecule has 2 nitrogen and oxygen atoms in total. The second-order valence-corrected chi connectivity index (χ2v) is 0.874. The molecular formula is CH4Cl4FeLi2N2S. The maximum Gasteiger partial charge on any atom is 2.00 e. The van der Waals surface area contributed by atoms with Gasteiger partial charge in [0.15, 0.2) is 5.11 Å². The van der Waals surface area contributed by atoms with Crippen molar-refractivity contribution in [2.24, 2.45) is 11.5 Å². The summed E-state index contributed by atoms with van der Waals surface area (Å²) in [5.41, 5.74) is 9.24. The van der Waals surface area contributed by atoms with Gasteiger partial charge in [0.05, 0.1) is 0 Å². The molecule has 10 heteroatoms. The number of rotatable bonds is 0. The van der Waals surface area contributed by atoms with Crippen LogP contribution >= 0.6 is 12.2 Å². The molecule has 0 spiro atoms. The zero-order chi connectivity index (χ0) is 3.58. The molecule has 0 amide bonds. The first kappa shape index (κ1) is 69.2. The van der Waals surface area contributed by atoms with Gasteiger partial charge in [-0.25, -0.2) is 0 Å². The summed E-state index contributed by atoms with van der Waals surface area (Å²) < 4.78 is 0. The second kappa shape index (κ2) is 54.3. The molecule has 62 valence electrons. The predicted molar refractivity (Wildman–Crippen MR) is 21.0 cm³/mol. The summed E-state index contributed by atoms with van der Waals surface area (Å²) in [7, 11) is 0. The Bertz CT molecular complexity index is 49.1. The quantitative estimate of drug-likeness (QED) is 0.344. The number of halogens is 4. The van der Waals surface area contributed by atoms with E-state index in [9.17, 15) is 0 Å². The van der Waals surface area contributed by atoms with Crippen LogP contribution in [0.1, 0.15) is 0 Å². The van der Waals surface area contributed by atoms with E-state index < -0.39 is 0 Å². The molecule has 0 aromatic carbocycles. The molecule has 0 saturated heterocycles. The van der Waals surface area contributed by atoms with Gasteiger partial charge in [-0.15, -0.1) is 0 Å². The van der Waals surface area contributed by atoms with Gasteiger partial charge < -0.3 is 61.1 Å². The van der Waals surface area contributed by atoms with Crippen LogP contribution < -0.4 is 98.8 Å². The largest absolute Gasteiger partial charge is 2.00 e. The van der Waals surface area contributed by atoms with E-state index in [1.165, 1.54) is 0 Å². The Kier molecular flexibility index (Phi) is 341. The van der Waals surface area contributed by atoms with Crippen LogP contribution in [0.25, 0.3) is 0 Å². The van der Waals surface area contributed by atoms with Gasteiger partial charge >= 0.3 is 54.8 Å². The van der Waals surface area contributed by atoms with Crippen molar-refractivity contribution in [2.75, 3.05) is 0 Å². The Hall–Kier alpha value is 2.56. The fourth-order valence-electron chi connectivity index (χ4n) is 0. The smallest absolute Gasteiger partial charge is 1.00 e. The van der Waals surface area contributed by atoms with E-state index in [0.717, 1.165) is 0 Å². The van der Waals surface area contributed by atoms with Gasteiger partial charge in [-0.3, -0.25) is 0 Å². The van der Waals surface area contributed by atoms with E-state index in [1.54, 1.807) is 0 Å². The van der Waals surface area contributed by atoms with Crippen molar-refractivity contribution in [3.63, 3.8) is 0 Å². The first-order chi connectivity index (χ1) is 1.73. The standard InChI is InChI=1S/CH4N2S.4ClH.Fe.2Li/c2-1(3)4;;;;;;;/h(H4,2,3,4);4*1H;;;/q;;;;;+2;2*+1/p-4. The number of hydrogen-bond donors (Lipinski definition) is 2. The van der Waals surface area contributed by atoms with E-state index >= 15 is 0 Å². The van der Waals surface area contributed by atoms with Crippen LogP contribution in [0.4, 0.5) is 0 Å². The molecule has 11 heavy (non-hydrogen) atoms. The molecule has 0 aliphatic heterocycles. The molecule has 0 unspecified atom stereocenters. The fraction of sp³-hybridized carbons (Fsp3) is 0. The average Bonchev–Trinajstić information content (AvgIpc) is 0.811. The summed E-state index contributed by atoms with van der Waals surface area (Å²) in [5, 5.41) is 0.000000000000000222. The Morgan fingerprint density at radius 2 is 0.818 bits per heavy atom. The third kappa shape index (κ3) is 213. The third-order valence-electron chi connectivity index (χ3n) is 0. The summed E-state index contributed by atoms with van der Waals surface area (Å²) in [6.45, 7) is 0. The second-order valence-electron chi connectivity index (χ2n) is 0.402. The van der Waals surface area contributed by atoms with E-state index in [1.807, 2.05) is 0 Å². The molecule has 0 aromatic heterocycles. The van der Waals surface area contributed by atoms with E-state index in [4.69, 9.17) is 0 Å². The minimum absolute atomic E-state index is 0. The van der Waals surface area contributed by atoms with Crippen LogP contribution in [0.15, 0.2) is 0 Å². The minimum atomic E-state index is 0. The average molecular weight is 288 g/mol. The van der Waals surface area contributed by atoms with Crippen molar-refractivity contribution < 1.29 is 104 Å². The van der Waals surface area contributed by atoms with Crippen LogP contribution in [0.5, 0.6) is 0 Å². The Morgan fingerprint density at radius 1 is 0.818 bits per heavy atom. The zero-order valence-corrected chi connectivity index (χ0v) is 10.9. The maximum absolute atomic E-state index is 4.62. The van der Waals surface area contributed by atoms with Crippen molar-refractivity contribution in [1.29, 1.82) is 0 Å². The first-order valence-electron chi connectivity index (χ1n) is 0.781. The summed E-state index contributed by atoms with van der Waals surface area (Å²) in [4.78, 5) is 0. The van der Waals surface area contributed by atoms with Crippen molar-refractivity contribution in [2.45, 2.75) is 0 Å². The molecule has 0 saturated carbocycles. The third-order valence-corrected chi connectivity index (χ3v) is 0. The van der Waals surface area contributed by atoms with Crippen LogP contribution in [-0.2, 0) is 17.1 Å². The zero-order valence-electron chi connectivity index (χ0n) is 5.93. The van der Waals surface area contributed by atoms with E-state index in [-0.39, 0.29) is 110 Å². The Morgan fingerprint density at radius 3 is 0.818 bits per heavy atom. The van der Waals surface area contributed by atoms with Gasteiger partial charge in [-0.1, -0.05) is 0 Å². The normalized spacial score (nSPS) is 2.18. The topological polar surface area (TPSA) is 52.0 Å². The first-order valence-corrected chi connectivity index (χ1v) is 1.19. The molecule has 0 aliphatic rings. The molecule has 0 aliphatic carbocycles. The van der Waals surface area contributed by atoms with Gasteiger partial charge in [0.1, 0.15) is 0 Å². The van der Waals surface area contributed by atoms with Crippen molar-refractivity contribution in [3.05, 3.63) is 0 Å². The van der Waals surface area contributed by atoms with Crippen LogP contribution in [0.2, 0.25) is 0 Å². The molecule has 0 rings (SSSR count). The number of nitrogens with two attached hydrogens (primary N) is 2. The molecule has 0 heterocycles. The molecule has 0 radical (unpaired) electrons. The van der Waals surface area contributed by atoms with Crippen molar-refractivity contribution >= 4 is 17.3 Å². The predicted octanol–water partition coefficient (Wildman–Crippen LogP) is -18.8. The molecule has 0 fully saturated rings. The van der Waals surface area contributed by atoms with Gasteiger partial charge in [-0.05, 0) is 12.2 Å². The van der Waals surface area contributed by atoms with Gasteiger partial charge in [0, 0.05) is 0 Å². The number of hydrogen-bond acceptors (Lipinski definition) is 1. The molecular weight excluding hydrogens is 284 g/mol. The summed E-state index contributed by atoms with van der Waals surface area (Å²) in [6, 6.07) is 0. The SMILES string of the molecule is NC(N)=S.[Cl-].[Cl-].[Cl-].[Cl-].[Fe+2].[Li+].[Li+]. The van der Waals surface area contributed by atoms with Crippen LogP contribution in [0, 0.1) is 0 Å². The van der Waals surface area contributed by atoms with Gasteiger partial charge in [-0.2, -0.15) is 0 Å². The van der Waals surface area contributed by atoms with E-state index in [0.29, 0.717) is 0 Å². The van der Waals surface area contributed by atoms with Crippen molar-refractivity contribution in [1.82, 2.24) is 0 Å². The fourth-order valence-corrected chi connectivity index (χ4v) is 0. The molecule has 0 bridgehead atoms. The molecule has 0 aromatic rings.